The molecule has 0 aliphatic carbocycles. The average molecular weight is 388 g/mol. The number of carbonyl (C=O) groups is 1. The maximum absolute atomic E-state index is 12.1. The molecule has 21 heavy (non-hydrogen) atoms. The molecule has 0 spiro atoms. The predicted molar refractivity (Wildman–Crippen MR) is 90.2 cm³/mol. The van der Waals surface area contributed by atoms with Gasteiger partial charge in [0, 0.05) is 26.4 Å². The number of carbonyl (C=O) groups excluding carboxylic acids is 1. The minimum absolute atomic E-state index is 0.0838. The van der Waals surface area contributed by atoms with Crippen LogP contribution in [-0.4, -0.2) is 10.9 Å². The van der Waals surface area contributed by atoms with Crippen molar-refractivity contribution in [2.45, 2.75) is 20.3 Å². The third-order valence-corrected chi connectivity index (χ3v) is 4.09. The number of nitrogens with zero attached hydrogens (tertiary/aromatic N) is 1. The second-order valence-corrected chi connectivity index (χ2v) is 6.38. The predicted octanol–water partition coefficient (Wildman–Crippen LogP) is 4.95. The minimum atomic E-state index is -0.185. The van der Waals surface area contributed by atoms with Crippen LogP contribution in [0.1, 0.15) is 16.8 Å². The Morgan fingerprint density at radius 2 is 2.00 bits per heavy atom. The lowest BCUT2D eigenvalue weighted by molar-refractivity contribution is -0.115. The van der Waals surface area contributed by atoms with E-state index in [1.807, 2.05) is 25.1 Å². The van der Waals surface area contributed by atoms with Crippen molar-refractivity contribution in [2.24, 2.45) is 0 Å². The quantitative estimate of drug-likeness (QED) is 0.757. The van der Waals surface area contributed by atoms with Crippen molar-refractivity contribution in [2.75, 3.05) is 5.32 Å². The highest BCUT2D eigenvalue weighted by molar-refractivity contribution is 9.10. The van der Waals surface area contributed by atoms with Gasteiger partial charge in [0.15, 0.2) is 0 Å². The molecule has 0 aliphatic rings. The molecule has 0 aliphatic heterocycles. The van der Waals surface area contributed by atoms with Gasteiger partial charge >= 0.3 is 0 Å². The van der Waals surface area contributed by atoms with Gasteiger partial charge in [0.25, 0.3) is 0 Å². The molecule has 0 saturated heterocycles. The van der Waals surface area contributed by atoms with Gasteiger partial charge in [-0.25, -0.2) is 4.98 Å². The van der Waals surface area contributed by atoms with Crippen molar-refractivity contribution in [3.05, 3.63) is 55.7 Å². The van der Waals surface area contributed by atoms with E-state index in [0.29, 0.717) is 10.6 Å². The van der Waals surface area contributed by atoms with E-state index < -0.39 is 0 Å². The molecule has 0 bridgehead atoms. The van der Waals surface area contributed by atoms with E-state index in [-0.39, 0.29) is 17.5 Å². The fourth-order valence-corrected chi connectivity index (χ4v) is 3.04. The van der Waals surface area contributed by atoms with Crippen molar-refractivity contribution in [1.29, 1.82) is 0 Å². The van der Waals surface area contributed by atoms with Gasteiger partial charge in [0.05, 0.1) is 6.42 Å². The van der Waals surface area contributed by atoms with Gasteiger partial charge in [-0.05, 0) is 43.7 Å². The lowest BCUT2D eigenvalue weighted by Gasteiger charge is -2.10. The normalized spacial score (nSPS) is 10.5. The maximum atomic E-state index is 12.1. The van der Waals surface area contributed by atoms with E-state index >= 15 is 0 Å². The maximum Gasteiger partial charge on any atom is 0.228 e. The first-order chi connectivity index (χ1) is 9.86. The lowest BCUT2D eigenvalue weighted by atomic mass is 10.1. The zero-order valence-electron chi connectivity index (χ0n) is 11.5. The topological polar surface area (TPSA) is 42.0 Å². The number of pyridine rings is 1. The molecule has 1 aromatic carbocycles. The van der Waals surface area contributed by atoms with Crippen LogP contribution in [0.4, 0.5) is 5.69 Å². The third-order valence-electron chi connectivity index (χ3n) is 2.95. The van der Waals surface area contributed by atoms with Gasteiger partial charge in [-0.1, -0.05) is 39.1 Å². The second kappa shape index (κ2) is 6.77. The first-order valence-electron chi connectivity index (χ1n) is 6.24. The highest BCUT2D eigenvalue weighted by atomic mass is 79.9. The summed E-state index contributed by atoms with van der Waals surface area (Å²) in [6, 6.07) is 7.34. The lowest BCUT2D eigenvalue weighted by Crippen LogP contribution is -2.16. The van der Waals surface area contributed by atoms with Gasteiger partial charge in [0.2, 0.25) is 5.91 Å². The van der Waals surface area contributed by atoms with Crippen LogP contribution in [0.3, 0.4) is 0 Å². The summed E-state index contributed by atoms with van der Waals surface area (Å²) < 4.78 is 0.965. The molecular weight excluding hydrogens is 375 g/mol. The Hall–Kier alpha value is -1.10. The Morgan fingerprint density at radius 3 is 2.62 bits per heavy atom. The van der Waals surface area contributed by atoms with Gasteiger partial charge in [-0.2, -0.15) is 0 Å². The second-order valence-electron chi connectivity index (χ2n) is 4.70. The summed E-state index contributed by atoms with van der Waals surface area (Å²) >= 11 is 15.6. The summed E-state index contributed by atoms with van der Waals surface area (Å²) in [7, 11) is 0. The van der Waals surface area contributed by atoms with E-state index in [9.17, 15) is 4.79 Å². The summed E-state index contributed by atoms with van der Waals surface area (Å²) in [5, 5.41) is 3.57. The number of hydrogen-bond acceptors (Lipinski definition) is 2. The number of aromatic nitrogens is 1. The molecule has 1 heterocycles. The molecule has 2 aromatic rings. The van der Waals surface area contributed by atoms with Crippen LogP contribution >= 0.6 is 39.1 Å². The Labute approximate surface area is 141 Å². The first kappa shape index (κ1) is 16.3. The highest BCUT2D eigenvalue weighted by Crippen LogP contribution is 2.25. The minimum Gasteiger partial charge on any atom is -0.326 e. The molecule has 0 radical (unpaired) electrons. The molecule has 0 saturated carbocycles. The Kier molecular flexibility index (Phi) is 5.25. The van der Waals surface area contributed by atoms with E-state index in [1.165, 1.54) is 0 Å². The van der Waals surface area contributed by atoms with Gasteiger partial charge < -0.3 is 5.32 Å². The van der Waals surface area contributed by atoms with E-state index in [4.69, 9.17) is 23.2 Å². The summed E-state index contributed by atoms with van der Waals surface area (Å²) in [5.74, 6) is -0.185. The van der Waals surface area contributed by atoms with Gasteiger partial charge in [0.1, 0.15) is 5.15 Å². The van der Waals surface area contributed by atoms with Crippen molar-refractivity contribution < 1.29 is 4.79 Å². The van der Waals surface area contributed by atoms with Crippen LogP contribution in [0, 0.1) is 13.8 Å². The number of rotatable bonds is 3. The molecule has 0 atom stereocenters. The summed E-state index contributed by atoms with van der Waals surface area (Å²) in [4.78, 5) is 16.3. The smallest absolute Gasteiger partial charge is 0.228 e. The Balaban J connectivity index is 2.16. The first-order valence-corrected chi connectivity index (χ1v) is 7.79. The highest BCUT2D eigenvalue weighted by Gasteiger charge is 2.13. The van der Waals surface area contributed by atoms with Crippen molar-refractivity contribution in [3.8, 4) is 0 Å². The number of anilines is 1. The van der Waals surface area contributed by atoms with E-state index in [0.717, 1.165) is 21.4 Å². The number of halogens is 3. The number of nitrogens with one attached hydrogen (secondary N) is 1. The van der Waals surface area contributed by atoms with Crippen LogP contribution in [0.5, 0.6) is 0 Å². The van der Waals surface area contributed by atoms with Crippen LogP contribution < -0.4 is 5.32 Å². The fourth-order valence-electron chi connectivity index (χ4n) is 1.90. The summed E-state index contributed by atoms with van der Waals surface area (Å²) in [6.07, 6.45) is 0.0838. The molecule has 110 valence electrons. The van der Waals surface area contributed by atoms with E-state index in [2.05, 4.69) is 26.2 Å². The number of benzene rings is 1. The Morgan fingerprint density at radius 1 is 1.29 bits per heavy atom. The van der Waals surface area contributed by atoms with Crippen LogP contribution in [0.15, 0.2) is 28.7 Å². The zero-order chi connectivity index (χ0) is 15.6. The molecule has 0 fully saturated rings. The number of aryl methyl sites for hydroxylation is 2. The number of amides is 1. The van der Waals surface area contributed by atoms with Crippen molar-refractivity contribution in [1.82, 2.24) is 4.98 Å². The van der Waals surface area contributed by atoms with Gasteiger partial charge in [-0.15, -0.1) is 0 Å². The van der Waals surface area contributed by atoms with Crippen LogP contribution in [0.25, 0.3) is 0 Å². The van der Waals surface area contributed by atoms with Crippen molar-refractivity contribution in [3.63, 3.8) is 0 Å². The molecule has 0 unspecified atom stereocenters. The van der Waals surface area contributed by atoms with Gasteiger partial charge in [-0.3, -0.25) is 4.79 Å². The zero-order valence-corrected chi connectivity index (χ0v) is 14.6. The average Bonchev–Trinajstić information content (AvgIpc) is 2.37. The SMILES string of the molecule is Cc1cc(Cl)c(CC(=O)Nc2ccc(Br)cc2C)c(Cl)n1. The standard InChI is InChI=1S/C15H13BrCl2N2O/c1-8-5-10(16)3-4-13(8)20-14(21)7-11-12(17)6-9(2)19-15(11)18/h3-6H,7H2,1-2H3,(H,20,21). The largest absolute Gasteiger partial charge is 0.326 e. The summed E-state index contributed by atoms with van der Waals surface area (Å²) in [5.41, 5.74) is 2.99. The monoisotopic (exact) mass is 386 g/mol. The molecule has 2 rings (SSSR count). The molecule has 1 N–H and O–H groups in total. The fraction of sp³-hybridized carbons (Fsp3) is 0.200. The Bertz CT molecular complexity index is 681. The van der Waals surface area contributed by atoms with Crippen LogP contribution in [0.2, 0.25) is 10.2 Å². The molecule has 6 heteroatoms. The third kappa shape index (κ3) is 4.19. The molecule has 3 nitrogen and oxygen atoms in total. The number of hydrogen-bond donors (Lipinski definition) is 1. The molecule has 1 aromatic heterocycles. The van der Waals surface area contributed by atoms with E-state index in [1.54, 1.807) is 13.0 Å². The molecular formula is C15H13BrCl2N2O. The van der Waals surface area contributed by atoms with Crippen LogP contribution in [-0.2, 0) is 11.2 Å². The molecule has 1 amide bonds. The summed E-state index contributed by atoms with van der Waals surface area (Å²) in [6.45, 7) is 3.72. The van der Waals surface area contributed by atoms with Crippen molar-refractivity contribution >= 4 is 50.7 Å².